The van der Waals surface area contributed by atoms with E-state index in [0.29, 0.717) is 12.1 Å². The quantitative estimate of drug-likeness (QED) is 0.734. The molecule has 1 N–H and O–H groups in total. The van der Waals surface area contributed by atoms with Crippen molar-refractivity contribution < 1.29 is 9.53 Å². The summed E-state index contributed by atoms with van der Waals surface area (Å²) >= 11 is 0. The summed E-state index contributed by atoms with van der Waals surface area (Å²) in [4.78, 5) is 13.9. The fraction of sp³-hybridized carbons (Fsp3) is 0.929. The summed E-state index contributed by atoms with van der Waals surface area (Å²) in [5.41, 5.74) is 0. The predicted octanol–water partition coefficient (Wildman–Crippen LogP) is 1.65. The lowest BCUT2D eigenvalue weighted by atomic mass is 10.0. The molecule has 1 fully saturated rings. The van der Waals surface area contributed by atoms with Crippen LogP contribution in [0, 0.1) is 5.92 Å². The molecule has 0 aromatic rings. The maximum Gasteiger partial charge on any atom is 0.309 e. The topological polar surface area (TPSA) is 41.6 Å². The minimum Gasteiger partial charge on any atom is -0.469 e. The van der Waals surface area contributed by atoms with Crippen molar-refractivity contribution in [1.29, 1.82) is 0 Å². The fourth-order valence-electron chi connectivity index (χ4n) is 2.49. The Morgan fingerprint density at radius 1 is 1.39 bits per heavy atom. The van der Waals surface area contributed by atoms with Crippen molar-refractivity contribution in [1.82, 2.24) is 10.2 Å². The second-order valence-corrected chi connectivity index (χ2v) is 5.62. The Balaban J connectivity index is 2.45. The Morgan fingerprint density at radius 3 is 2.61 bits per heavy atom. The van der Waals surface area contributed by atoms with E-state index in [1.54, 1.807) is 0 Å². The molecule has 18 heavy (non-hydrogen) atoms. The molecule has 2 unspecified atom stereocenters. The molecule has 1 aliphatic heterocycles. The summed E-state index contributed by atoms with van der Waals surface area (Å²) in [7, 11) is 1.46. The van der Waals surface area contributed by atoms with Gasteiger partial charge in [0.15, 0.2) is 0 Å². The molecule has 1 rings (SSSR count). The lowest BCUT2D eigenvalue weighted by Crippen LogP contribution is -2.47. The van der Waals surface area contributed by atoms with Gasteiger partial charge in [-0.2, -0.15) is 0 Å². The largest absolute Gasteiger partial charge is 0.469 e. The van der Waals surface area contributed by atoms with Gasteiger partial charge in [0.2, 0.25) is 0 Å². The Bertz CT molecular complexity index is 250. The van der Waals surface area contributed by atoms with Gasteiger partial charge in [0, 0.05) is 25.2 Å². The molecule has 0 aromatic heterocycles. The first-order valence-corrected chi connectivity index (χ1v) is 7.09. The van der Waals surface area contributed by atoms with E-state index >= 15 is 0 Å². The predicted molar refractivity (Wildman–Crippen MR) is 73.5 cm³/mol. The van der Waals surface area contributed by atoms with Gasteiger partial charge in [-0.3, -0.25) is 9.69 Å². The highest BCUT2D eigenvalue weighted by atomic mass is 16.5. The molecule has 4 nitrogen and oxygen atoms in total. The highest BCUT2D eigenvalue weighted by Gasteiger charge is 2.23. The van der Waals surface area contributed by atoms with E-state index in [-0.39, 0.29) is 11.9 Å². The highest BCUT2D eigenvalue weighted by Crippen LogP contribution is 2.12. The zero-order valence-electron chi connectivity index (χ0n) is 12.2. The fourth-order valence-corrected chi connectivity index (χ4v) is 2.49. The Kier molecular flexibility index (Phi) is 6.65. The van der Waals surface area contributed by atoms with Crippen LogP contribution in [0.25, 0.3) is 0 Å². The van der Waals surface area contributed by atoms with Crippen molar-refractivity contribution in [2.75, 3.05) is 26.7 Å². The maximum absolute atomic E-state index is 11.5. The van der Waals surface area contributed by atoms with Crippen molar-refractivity contribution in [3.63, 3.8) is 0 Å². The average Bonchev–Trinajstić information content (AvgIpc) is 2.37. The van der Waals surface area contributed by atoms with Crippen LogP contribution in [0.2, 0.25) is 0 Å². The second-order valence-electron chi connectivity index (χ2n) is 5.62. The SMILES string of the molecule is COC(=O)C(C)CN(CC1CCCCN1)C(C)C. The third kappa shape index (κ3) is 4.94. The zero-order chi connectivity index (χ0) is 13.5. The molecule has 1 saturated heterocycles. The van der Waals surface area contributed by atoms with E-state index in [0.717, 1.165) is 19.6 Å². The minimum atomic E-state index is -0.114. The van der Waals surface area contributed by atoms with Gasteiger partial charge in [-0.05, 0) is 33.2 Å². The normalized spacial score (nSPS) is 22.2. The van der Waals surface area contributed by atoms with Crippen LogP contribution in [-0.2, 0) is 9.53 Å². The summed E-state index contributed by atoms with van der Waals surface area (Å²) in [5, 5.41) is 3.56. The van der Waals surface area contributed by atoms with Gasteiger partial charge in [0.05, 0.1) is 13.0 Å². The van der Waals surface area contributed by atoms with E-state index in [2.05, 4.69) is 24.1 Å². The van der Waals surface area contributed by atoms with Gasteiger partial charge in [0.1, 0.15) is 0 Å². The number of ether oxygens (including phenoxy) is 1. The molecule has 4 heteroatoms. The van der Waals surface area contributed by atoms with E-state index in [9.17, 15) is 4.79 Å². The summed E-state index contributed by atoms with van der Waals surface area (Å²) in [6, 6.07) is 1.03. The average molecular weight is 256 g/mol. The van der Waals surface area contributed by atoms with Crippen LogP contribution in [0.3, 0.4) is 0 Å². The number of hydrogen-bond donors (Lipinski definition) is 1. The summed E-state index contributed by atoms with van der Waals surface area (Å²) in [5.74, 6) is -0.168. The number of methoxy groups -OCH3 is 1. The molecule has 0 saturated carbocycles. The monoisotopic (exact) mass is 256 g/mol. The molecule has 2 atom stereocenters. The zero-order valence-corrected chi connectivity index (χ0v) is 12.2. The van der Waals surface area contributed by atoms with Crippen LogP contribution < -0.4 is 5.32 Å². The third-order valence-electron chi connectivity index (χ3n) is 3.71. The number of carbonyl (C=O) groups excluding carboxylic acids is 1. The van der Waals surface area contributed by atoms with Crippen LogP contribution in [0.4, 0.5) is 0 Å². The van der Waals surface area contributed by atoms with E-state index in [1.165, 1.54) is 26.4 Å². The van der Waals surface area contributed by atoms with Crippen LogP contribution in [0.15, 0.2) is 0 Å². The molecule has 0 aromatic carbocycles. The molecule has 1 heterocycles. The van der Waals surface area contributed by atoms with Gasteiger partial charge in [-0.15, -0.1) is 0 Å². The molecule has 0 spiro atoms. The number of carbonyl (C=O) groups is 1. The lowest BCUT2D eigenvalue weighted by Gasteiger charge is -2.34. The van der Waals surface area contributed by atoms with Crippen LogP contribution in [-0.4, -0.2) is 49.7 Å². The minimum absolute atomic E-state index is 0.0546. The number of hydrogen-bond acceptors (Lipinski definition) is 4. The smallest absolute Gasteiger partial charge is 0.309 e. The molecule has 0 bridgehead atoms. The van der Waals surface area contributed by atoms with E-state index in [4.69, 9.17) is 4.74 Å². The molecule has 106 valence electrons. The third-order valence-corrected chi connectivity index (χ3v) is 3.71. The first-order valence-electron chi connectivity index (χ1n) is 7.09. The van der Waals surface area contributed by atoms with Crippen molar-refractivity contribution >= 4 is 5.97 Å². The van der Waals surface area contributed by atoms with Gasteiger partial charge in [0.25, 0.3) is 0 Å². The number of esters is 1. The Morgan fingerprint density at radius 2 is 2.11 bits per heavy atom. The number of nitrogens with one attached hydrogen (secondary N) is 1. The van der Waals surface area contributed by atoms with Gasteiger partial charge in [-0.25, -0.2) is 0 Å². The first-order chi connectivity index (χ1) is 8.54. The van der Waals surface area contributed by atoms with Gasteiger partial charge < -0.3 is 10.1 Å². The Hall–Kier alpha value is -0.610. The summed E-state index contributed by atoms with van der Waals surface area (Å²) in [6.45, 7) is 9.25. The summed E-state index contributed by atoms with van der Waals surface area (Å²) < 4.78 is 4.80. The first kappa shape index (κ1) is 15.4. The second kappa shape index (κ2) is 7.74. The maximum atomic E-state index is 11.5. The van der Waals surface area contributed by atoms with Gasteiger partial charge in [-0.1, -0.05) is 13.3 Å². The number of nitrogens with zero attached hydrogens (tertiary/aromatic N) is 1. The Labute approximate surface area is 111 Å². The van der Waals surface area contributed by atoms with Crippen LogP contribution in [0.5, 0.6) is 0 Å². The van der Waals surface area contributed by atoms with E-state index in [1.807, 2.05) is 6.92 Å². The van der Waals surface area contributed by atoms with Crippen LogP contribution >= 0.6 is 0 Å². The van der Waals surface area contributed by atoms with Gasteiger partial charge >= 0.3 is 5.97 Å². The lowest BCUT2D eigenvalue weighted by molar-refractivity contribution is -0.145. The molecular weight excluding hydrogens is 228 g/mol. The standard InChI is InChI=1S/C14H28N2O2/c1-11(2)16(9-12(3)14(17)18-4)10-13-7-5-6-8-15-13/h11-13,15H,5-10H2,1-4H3. The molecular formula is C14H28N2O2. The molecule has 1 aliphatic rings. The number of rotatable bonds is 6. The molecule has 0 aliphatic carbocycles. The van der Waals surface area contributed by atoms with E-state index < -0.39 is 0 Å². The van der Waals surface area contributed by atoms with Crippen molar-refractivity contribution in [2.24, 2.45) is 5.92 Å². The van der Waals surface area contributed by atoms with Crippen LogP contribution in [0.1, 0.15) is 40.0 Å². The van der Waals surface area contributed by atoms with Crippen molar-refractivity contribution in [2.45, 2.75) is 52.1 Å². The van der Waals surface area contributed by atoms with Crippen molar-refractivity contribution in [3.8, 4) is 0 Å². The van der Waals surface area contributed by atoms with Crippen molar-refractivity contribution in [3.05, 3.63) is 0 Å². The number of piperidine rings is 1. The molecule has 0 radical (unpaired) electrons. The molecule has 0 amide bonds. The highest BCUT2D eigenvalue weighted by molar-refractivity contribution is 5.72. The summed E-state index contributed by atoms with van der Waals surface area (Å²) in [6.07, 6.45) is 3.85.